The number of hydrogen-bond donors (Lipinski definition) is 2. The predicted molar refractivity (Wildman–Crippen MR) is 74.2 cm³/mol. The van der Waals surface area contributed by atoms with Crippen molar-refractivity contribution in [2.75, 3.05) is 6.61 Å². The summed E-state index contributed by atoms with van der Waals surface area (Å²) in [5, 5.41) is 2.86. The van der Waals surface area contributed by atoms with E-state index in [1.54, 1.807) is 12.1 Å². The van der Waals surface area contributed by atoms with Gasteiger partial charge in [-0.2, -0.15) is 0 Å². The zero-order valence-electron chi connectivity index (χ0n) is 11.0. The molecule has 1 aromatic heterocycles. The van der Waals surface area contributed by atoms with Crippen LogP contribution in [-0.4, -0.2) is 17.5 Å². The lowest BCUT2D eigenvalue weighted by Crippen LogP contribution is -2.22. The number of rotatable bonds is 6. The Bertz CT molecular complexity index is 503. The molecule has 0 aliphatic carbocycles. The molecule has 1 amide bonds. The summed E-state index contributed by atoms with van der Waals surface area (Å²) in [6, 6.07) is 9.12. The Kier molecular flexibility index (Phi) is 4.61. The molecular weight excluding hydrogens is 240 g/mol. The van der Waals surface area contributed by atoms with Gasteiger partial charge in [0.25, 0.3) is 5.91 Å². The van der Waals surface area contributed by atoms with Crippen molar-refractivity contribution in [1.29, 1.82) is 0 Å². The van der Waals surface area contributed by atoms with Gasteiger partial charge < -0.3 is 15.0 Å². The van der Waals surface area contributed by atoms with E-state index < -0.39 is 0 Å². The van der Waals surface area contributed by atoms with Crippen molar-refractivity contribution in [3.8, 4) is 5.75 Å². The third kappa shape index (κ3) is 3.88. The number of ether oxygens (including phenoxy) is 1. The molecule has 0 saturated carbocycles. The van der Waals surface area contributed by atoms with E-state index in [4.69, 9.17) is 4.74 Å². The summed E-state index contributed by atoms with van der Waals surface area (Å²) >= 11 is 0. The van der Waals surface area contributed by atoms with Gasteiger partial charge in [0, 0.05) is 24.5 Å². The van der Waals surface area contributed by atoms with Crippen LogP contribution in [0.1, 0.15) is 29.3 Å². The Balaban J connectivity index is 1.88. The van der Waals surface area contributed by atoms with E-state index in [1.165, 1.54) is 0 Å². The van der Waals surface area contributed by atoms with Crippen molar-refractivity contribution in [2.45, 2.75) is 19.9 Å². The highest BCUT2D eigenvalue weighted by Crippen LogP contribution is 2.12. The first-order valence-electron chi connectivity index (χ1n) is 6.42. The van der Waals surface area contributed by atoms with E-state index in [0.29, 0.717) is 18.7 Å². The Hall–Kier alpha value is -2.23. The Labute approximate surface area is 112 Å². The summed E-state index contributed by atoms with van der Waals surface area (Å²) in [6.45, 7) is 3.28. The second-order valence-corrected chi connectivity index (χ2v) is 4.27. The molecule has 0 bridgehead atoms. The van der Waals surface area contributed by atoms with E-state index in [1.807, 2.05) is 30.6 Å². The standard InChI is InChI=1S/C15H18N2O2/c1-2-9-19-14-5-3-13(4-6-14)15(18)17-11-12-7-8-16-10-12/h3-8,10,16H,2,9,11H2,1H3,(H,17,18). The number of H-pyrrole nitrogens is 1. The molecule has 2 aromatic rings. The van der Waals surface area contributed by atoms with Gasteiger partial charge in [0.15, 0.2) is 0 Å². The monoisotopic (exact) mass is 258 g/mol. The molecule has 0 aliphatic rings. The third-order valence-electron chi connectivity index (χ3n) is 2.70. The van der Waals surface area contributed by atoms with Gasteiger partial charge in [-0.3, -0.25) is 4.79 Å². The Morgan fingerprint density at radius 2 is 2.05 bits per heavy atom. The van der Waals surface area contributed by atoms with Crippen molar-refractivity contribution in [3.63, 3.8) is 0 Å². The fourth-order valence-electron chi connectivity index (χ4n) is 1.68. The number of hydrogen-bond acceptors (Lipinski definition) is 2. The second-order valence-electron chi connectivity index (χ2n) is 4.27. The van der Waals surface area contributed by atoms with Gasteiger partial charge in [-0.05, 0) is 42.3 Å². The van der Waals surface area contributed by atoms with Crippen LogP contribution >= 0.6 is 0 Å². The molecule has 1 aromatic carbocycles. The maximum Gasteiger partial charge on any atom is 0.251 e. The molecule has 4 nitrogen and oxygen atoms in total. The average Bonchev–Trinajstić information content (AvgIpc) is 2.96. The van der Waals surface area contributed by atoms with Gasteiger partial charge in [0.05, 0.1) is 6.61 Å². The van der Waals surface area contributed by atoms with E-state index >= 15 is 0 Å². The predicted octanol–water partition coefficient (Wildman–Crippen LogP) is 2.73. The zero-order valence-corrected chi connectivity index (χ0v) is 11.0. The topological polar surface area (TPSA) is 54.1 Å². The van der Waals surface area contributed by atoms with Crippen LogP contribution in [0.25, 0.3) is 0 Å². The summed E-state index contributed by atoms with van der Waals surface area (Å²) in [4.78, 5) is 14.9. The summed E-state index contributed by atoms with van der Waals surface area (Å²) in [5.74, 6) is 0.715. The minimum absolute atomic E-state index is 0.0803. The van der Waals surface area contributed by atoms with Gasteiger partial charge in [0.1, 0.15) is 5.75 Å². The highest BCUT2D eigenvalue weighted by molar-refractivity contribution is 5.94. The lowest BCUT2D eigenvalue weighted by Gasteiger charge is -2.06. The van der Waals surface area contributed by atoms with E-state index in [0.717, 1.165) is 17.7 Å². The van der Waals surface area contributed by atoms with Crippen LogP contribution in [0.4, 0.5) is 0 Å². The molecule has 0 spiro atoms. The number of nitrogens with one attached hydrogen (secondary N) is 2. The van der Waals surface area contributed by atoms with Gasteiger partial charge in [0.2, 0.25) is 0 Å². The van der Waals surface area contributed by atoms with Crippen molar-refractivity contribution in [3.05, 3.63) is 53.9 Å². The van der Waals surface area contributed by atoms with Crippen LogP contribution in [0, 0.1) is 0 Å². The highest BCUT2D eigenvalue weighted by Gasteiger charge is 2.05. The van der Waals surface area contributed by atoms with Crippen LogP contribution in [-0.2, 0) is 6.54 Å². The summed E-state index contributed by atoms with van der Waals surface area (Å²) in [6.07, 6.45) is 4.67. The van der Waals surface area contributed by atoms with Gasteiger partial charge in [-0.25, -0.2) is 0 Å². The fourth-order valence-corrected chi connectivity index (χ4v) is 1.68. The molecule has 100 valence electrons. The first-order chi connectivity index (χ1) is 9.29. The first kappa shape index (κ1) is 13.2. The van der Waals surface area contributed by atoms with Crippen LogP contribution < -0.4 is 10.1 Å². The summed E-state index contributed by atoms with van der Waals surface area (Å²) in [5.41, 5.74) is 1.69. The normalized spacial score (nSPS) is 10.2. The minimum Gasteiger partial charge on any atom is -0.494 e. The lowest BCUT2D eigenvalue weighted by molar-refractivity contribution is 0.0951. The van der Waals surface area contributed by atoms with Crippen molar-refractivity contribution in [2.24, 2.45) is 0 Å². The second kappa shape index (κ2) is 6.64. The van der Waals surface area contributed by atoms with E-state index in [-0.39, 0.29) is 5.91 Å². The fraction of sp³-hybridized carbons (Fsp3) is 0.267. The summed E-state index contributed by atoms with van der Waals surface area (Å²) < 4.78 is 5.47. The molecule has 0 unspecified atom stereocenters. The molecule has 0 atom stereocenters. The van der Waals surface area contributed by atoms with Crippen LogP contribution in [0.3, 0.4) is 0 Å². The number of benzene rings is 1. The van der Waals surface area contributed by atoms with Gasteiger partial charge >= 0.3 is 0 Å². The molecule has 4 heteroatoms. The van der Waals surface area contributed by atoms with E-state index in [9.17, 15) is 4.79 Å². The van der Waals surface area contributed by atoms with Crippen molar-refractivity contribution in [1.82, 2.24) is 10.3 Å². The maximum atomic E-state index is 11.9. The lowest BCUT2D eigenvalue weighted by atomic mass is 10.2. The number of amides is 1. The van der Waals surface area contributed by atoms with Crippen LogP contribution in [0.2, 0.25) is 0 Å². The zero-order chi connectivity index (χ0) is 13.5. The molecule has 0 fully saturated rings. The molecule has 19 heavy (non-hydrogen) atoms. The van der Waals surface area contributed by atoms with Crippen LogP contribution in [0.15, 0.2) is 42.7 Å². The number of carbonyl (C=O) groups excluding carboxylic acids is 1. The minimum atomic E-state index is -0.0803. The molecule has 1 heterocycles. The molecule has 0 saturated heterocycles. The molecular formula is C15H18N2O2. The number of aromatic nitrogens is 1. The molecule has 0 aliphatic heterocycles. The Morgan fingerprint density at radius 1 is 1.26 bits per heavy atom. The number of carbonyl (C=O) groups is 1. The van der Waals surface area contributed by atoms with Crippen molar-refractivity contribution >= 4 is 5.91 Å². The largest absolute Gasteiger partial charge is 0.494 e. The van der Waals surface area contributed by atoms with Crippen LogP contribution in [0.5, 0.6) is 5.75 Å². The molecule has 0 radical (unpaired) electrons. The average molecular weight is 258 g/mol. The maximum absolute atomic E-state index is 11.9. The molecule has 2 rings (SSSR count). The Morgan fingerprint density at radius 3 is 2.68 bits per heavy atom. The number of aromatic amines is 1. The quantitative estimate of drug-likeness (QED) is 0.837. The SMILES string of the molecule is CCCOc1ccc(C(=O)NCc2cc[nH]c2)cc1. The van der Waals surface area contributed by atoms with Crippen molar-refractivity contribution < 1.29 is 9.53 Å². The third-order valence-corrected chi connectivity index (χ3v) is 2.70. The highest BCUT2D eigenvalue weighted by atomic mass is 16.5. The van der Waals surface area contributed by atoms with E-state index in [2.05, 4.69) is 17.2 Å². The molecule has 2 N–H and O–H groups in total. The van der Waals surface area contributed by atoms with Gasteiger partial charge in [-0.15, -0.1) is 0 Å². The van der Waals surface area contributed by atoms with Gasteiger partial charge in [-0.1, -0.05) is 6.92 Å². The summed E-state index contributed by atoms with van der Waals surface area (Å²) in [7, 11) is 0. The smallest absolute Gasteiger partial charge is 0.251 e. The first-order valence-corrected chi connectivity index (χ1v) is 6.42.